The summed E-state index contributed by atoms with van der Waals surface area (Å²) in [4.78, 5) is 15.1. The molecule has 0 N–H and O–H groups in total. The van der Waals surface area contributed by atoms with Crippen LogP contribution in [-0.2, 0) is 12.8 Å². The maximum Gasteiger partial charge on any atom is 0.254 e. The topological polar surface area (TPSA) is 20.3 Å². The van der Waals surface area contributed by atoms with Crippen molar-refractivity contribution in [3.63, 3.8) is 0 Å². The van der Waals surface area contributed by atoms with Crippen molar-refractivity contribution < 1.29 is 4.79 Å². The zero-order valence-electron chi connectivity index (χ0n) is 13.6. The molecule has 1 saturated carbocycles. The predicted octanol–water partition coefficient (Wildman–Crippen LogP) is 4.21. The molecule has 0 spiro atoms. The van der Waals surface area contributed by atoms with Gasteiger partial charge in [0.2, 0.25) is 0 Å². The molecule has 0 saturated heterocycles. The molecule has 1 atom stereocenters. The van der Waals surface area contributed by atoms with Gasteiger partial charge in [0, 0.05) is 17.6 Å². The number of carbonyl (C=O) groups is 1. The van der Waals surface area contributed by atoms with Gasteiger partial charge in [-0.3, -0.25) is 4.79 Å². The van der Waals surface area contributed by atoms with Crippen LogP contribution in [0, 0.1) is 5.92 Å². The van der Waals surface area contributed by atoms with Crippen molar-refractivity contribution in [1.82, 2.24) is 4.90 Å². The van der Waals surface area contributed by atoms with E-state index in [2.05, 4.69) is 43.9 Å². The van der Waals surface area contributed by atoms with Crippen LogP contribution < -0.4 is 0 Å². The van der Waals surface area contributed by atoms with E-state index in [4.69, 9.17) is 0 Å². The summed E-state index contributed by atoms with van der Waals surface area (Å²) >= 11 is 0. The van der Waals surface area contributed by atoms with Crippen LogP contribution >= 0.6 is 0 Å². The van der Waals surface area contributed by atoms with E-state index in [1.807, 2.05) is 0 Å². The molecule has 114 valence electrons. The second-order valence-electron chi connectivity index (χ2n) is 7.12. The van der Waals surface area contributed by atoms with Gasteiger partial charge in [0.05, 0.1) is 0 Å². The molecule has 3 rings (SSSR count). The molecule has 2 nitrogen and oxygen atoms in total. The Kier molecular flexibility index (Phi) is 4.05. The molecule has 1 unspecified atom stereocenters. The van der Waals surface area contributed by atoms with Crippen LogP contribution in [0.1, 0.15) is 67.9 Å². The lowest BCUT2D eigenvalue weighted by molar-refractivity contribution is 0.0627. The van der Waals surface area contributed by atoms with E-state index < -0.39 is 0 Å². The Balaban J connectivity index is 1.85. The lowest BCUT2D eigenvalue weighted by Gasteiger charge is -2.32. The summed E-state index contributed by atoms with van der Waals surface area (Å²) in [6.07, 6.45) is 7.22. The Labute approximate surface area is 128 Å². The lowest BCUT2D eigenvalue weighted by Crippen LogP contribution is -2.43. The summed E-state index contributed by atoms with van der Waals surface area (Å²) in [7, 11) is 0. The van der Waals surface area contributed by atoms with Crippen LogP contribution in [0.25, 0.3) is 0 Å². The summed E-state index contributed by atoms with van der Waals surface area (Å²) in [6, 6.07) is 7.20. The first-order chi connectivity index (χ1) is 10.1. The summed E-state index contributed by atoms with van der Waals surface area (Å²) in [5.41, 5.74) is 3.75. The van der Waals surface area contributed by atoms with Crippen molar-refractivity contribution in [1.29, 1.82) is 0 Å². The van der Waals surface area contributed by atoms with Crippen molar-refractivity contribution >= 4 is 5.91 Å². The van der Waals surface area contributed by atoms with Gasteiger partial charge in [0.1, 0.15) is 0 Å². The van der Waals surface area contributed by atoms with Gasteiger partial charge < -0.3 is 4.90 Å². The molecule has 2 heteroatoms. The Morgan fingerprint density at radius 1 is 1.10 bits per heavy atom. The molecule has 2 aliphatic carbocycles. The minimum atomic E-state index is 0.243. The van der Waals surface area contributed by atoms with Gasteiger partial charge in [0.25, 0.3) is 5.91 Å². The van der Waals surface area contributed by atoms with Crippen molar-refractivity contribution in [3.05, 3.63) is 34.9 Å². The average molecular weight is 285 g/mol. The third kappa shape index (κ3) is 3.00. The van der Waals surface area contributed by atoms with Gasteiger partial charge in [-0.15, -0.1) is 0 Å². The first-order valence-corrected chi connectivity index (χ1v) is 8.52. The molecule has 0 bridgehead atoms. The monoisotopic (exact) mass is 285 g/mol. The normalized spacial score (nSPS) is 19.2. The summed E-state index contributed by atoms with van der Waals surface area (Å²) in [5, 5.41) is 0. The fourth-order valence-corrected chi connectivity index (χ4v) is 3.37. The van der Waals surface area contributed by atoms with E-state index in [0.717, 1.165) is 12.0 Å². The maximum absolute atomic E-state index is 13.0. The van der Waals surface area contributed by atoms with E-state index in [9.17, 15) is 4.79 Å². The summed E-state index contributed by atoms with van der Waals surface area (Å²) < 4.78 is 0. The molecule has 2 aliphatic rings. The zero-order chi connectivity index (χ0) is 15.0. The van der Waals surface area contributed by atoms with Gasteiger partial charge in [0.15, 0.2) is 0 Å². The first kappa shape index (κ1) is 14.6. The number of carbonyl (C=O) groups excluding carboxylic acids is 1. The quantitative estimate of drug-likeness (QED) is 0.811. The molecule has 21 heavy (non-hydrogen) atoms. The largest absolute Gasteiger partial charge is 0.333 e. The van der Waals surface area contributed by atoms with Crippen LogP contribution in [0.15, 0.2) is 18.2 Å². The van der Waals surface area contributed by atoms with Crippen LogP contribution in [-0.4, -0.2) is 22.9 Å². The van der Waals surface area contributed by atoms with Gasteiger partial charge in [-0.25, -0.2) is 0 Å². The second-order valence-corrected chi connectivity index (χ2v) is 7.12. The molecule has 0 aliphatic heterocycles. The number of nitrogens with zero attached hydrogens (tertiary/aromatic N) is 1. The number of fused-ring (bicyclic) bond motifs is 1. The molecular formula is C19H27NO. The smallest absolute Gasteiger partial charge is 0.254 e. The highest BCUT2D eigenvalue weighted by molar-refractivity contribution is 5.95. The van der Waals surface area contributed by atoms with Crippen LogP contribution in [0.5, 0.6) is 0 Å². The van der Waals surface area contributed by atoms with Crippen molar-refractivity contribution in [3.8, 4) is 0 Å². The Morgan fingerprint density at radius 3 is 2.38 bits per heavy atom. The predicted molar refractivity (Wildman–Crippen MR) is 86.6 cm³/mol. The SMILES string of the molecule is CC(C)C(C)N(C(=O)c1ccc2c(c1)CCCC2)C1CC1. The average Bonchev–Trinajstić information content (AvgIpc) is 3.31. The molecular weight excluding hydrogens is 258 g/mol. The van der Waals surface area contributed by atoms with Gasteiger partial charge in [-0.1, -0.05) is 19.9 Å². The van der Waals surface area contributed by atoms with Crippen LogP contribution in [0.2, 0.25) is 0 Å². The van der Waals surface area contributed by atoms with Crippen LogP contribution in [0.3, 0.4) is 0 Å². The highest BCUT2D eigenvalue weighted by atomic mass is 16.2. The van der Waals surface area contributed by atoms with E-state index in [0.29, 0.717) is 18.0 Å². The molecule has 0 aromatic heterocycles. The number of hydrogen-bond donors (Lipinski definition) is 0. The number of rotatable bonds is 4. The zero-order valence-corrected chi connectivity index (χ0v) is 13.6. The fraction of sp³-hybridized carbons (Fsp3) is 0.632. The number of benzene rings is 1. The first-order valence-electron chi connectivity index (χ1n) is 8.52. The van der Waals surface area contributed by atoms with Gasteiger partial charge >= 0.3 is 0 Å². The molecule has 1 amide bonds. The summed E-state index contributed by atoms with van der Waals surface area (Å²) in [5.74, 6) is 0.749. The van der Waals surface area contributed by atoms with Gasteiger partial charge in [-0.2, -0.15) is 0 Å². The lowest BCUT2D eigenvalue weighted by atomic mass is 9.90. The van der Waals surface area contributed by atoms with Crippen molar-refractivity contribution in [2.45, 2.75) is 71.4 Å². The number of hydrogen-bond acceptors (Lipinski definition) is 1. The van der Waals surface area contributed by atoms with Crippen LogP contribution in [0.4, 0.5) is 0 Å². The maximum atomic E-state index is 13.0. The molecule has 1 aromatic carbocycles. The minimum absolute atomic E-state index is 0.243. The van der Waals surface area contributed by atoms with E-state index in [1.165, 1.54) is 43.2 Å². The molecule has 1 aromatic rings. The number of aryl methyl sites for hydroxylation is 2. The second kappa shape index (κ2) is 5.82. The summed E-state index contributed by atoms with van der Waals surface area (Å²) in [6.45, 7) is 6.61. The Morgan fingerprint density at radius 2 is 1.76 bits per heavy atom. The Bertz CT molecular complexity index is 530. The highest BCUT2D eigenvalue weighted by Crippen LogP contribution is 2.32. The molecule has 0 radical (unpaired) electrons. The van der Waals surface area contributed by atoms with Crippen molar-refractivity contribution in [2.75, 3.05) is 0 Å². The van der Waals surface area contributed by atoms with Gasteiger partial charge in [-0.05, 0) is 74.6 Å². The highest BCUT2D eigenvalue weighted by Gasteiger charge is 2.37. The van der Waals surface area contributed by atoms with Crippen molar-refractivity contribution in [2.24, 2.45) is 5.92 Å². The third-order valence-electron chi connectivity index (χ3n) is 5.17. The fourth-order valence-electron chi connectivity index (χ4n) is 3.37. The Hall–Kier alpha value is -1.31. The molecule has 1 fully saturated rings. The van der Waals surface area contributed by atoms with E-state index >= 15 is 0 Å². The van der Waals surface area contributed by atoms with E-state index in [-0.39, 0.29) is 5.91 Å². The standard InChI is InChI=1S/C19H27NO/c1-13(2)14(3)20(18-10-11-18)19(21)17-9-8-15-6-4-5-7-16(15)12-17/h8-9,12-14,18H,4-7,10-11H2,1-3H3. The minimum Gasteiger partial charge on any atom is -0.333 e. The molecule has 0 heterocycles. The third-order valence-corrected chi connectivity index (χ3v) is 5.17. The van der Waals surface area contributed by atoms with E-state index in [1.54, 1.807) is 0 Å². The number of amides is 1.